The molecule has 0 saturated carbocycles. The molecule has 0 atom stereocenters. The van der Waals surface area contributed by atoms with E-state index >= 15 is 0 Å². The van der Waals surface area contributed by atoms with Gasteiger partial charge in [-0.3, -0.25) is 0 Å². The first-order valence-corrected chi connectivity index (χ1v) is 8.54. The number of rotatable bonds is 3. The van der Waals surface area contributed by atoms with Crippen LogP contribution < -0.4 is 10.6 Å². The second-order valence-electron chi connectivity index (χ2n) is 3.80. The molecule has 5 heteroatoms. The van der Waals surface area contributed by atoms with Crippen LogP contribution in [0.4, 0.5) is 0 Å². The lowest BCUT2D eigenvalue weighted by Gasteiger charge is -1.93. The Kier molecular flexibility index (Phi) is 3.90. The molecular formula is C13H13NO2PS+. The summed E-state index contributed by atoms with van der Waals surface area (Å²) in [6.45, 7) is 0. The van der Waals surface area contributed by atoms with E-state index in [4.69, 9.17) is 0 Å². The number of nitrogens with zero attached hydrogens (tertiary/aromatic N) is 1. The van der Waals surface area contributed by atoms with Crippen LogP contribution in [-0.4, -0.2) is 14.7 Å². The van der Waals surface area contributed by atoms with Crippen LogP contribution in [0.3, 0.4) is 0 Å². The highest BCUT2D eigenvalue weighted by Crippen LogP contribution is 2.25. The molecule has 0 aliphatic carbocycles. The van der Waals surface area contributed by atoms with Crippen LogP contribution in [0.1, 0.15) is 0 Å². The number of hydrogen-bond acceptors (Lipinski definition) is 2. The van der Waals surface area contributed by atoms with Crippen molar-refractivity contribution in [3.8, 4) is 0 Å². The molecule has 92 valence electrons. The Morgan fingerprint density at radius 3 is 1.56 bits per heavy atom. The van der Waals surface area contributed by atoms with Crippen LogP contribution in [-0.2, 0) is 10.0 Å². The predicted octanol–water partition coefficient (Wildman–Crippen LogP) is 2.26. The van der Waals surface area contributed by atoms with E-state index in [0.29, 0.717) is 0 Å². The van der Waals surface area contributed by atoms with Gasteiger partial charge in [-0.05, 0) is 24.3 Å². The fraction of sp³-hybridized carbons (Fsp3) is 0.0769. The first-order valence-electron chi connectivity index (χ1n) is 5.39. The van der Waals surface area contributed by atoms with Crippen molar-refractivity contribution in [2.75, 3.05) is 6.26 Å². The molecule has 0 aromatic heterocycles. The average molecular weight is 278 g/mol. The van der Waals surface area contributed by atoms with Gasteiger partial charge in [0.05, 0.1) is 6.26 Å². The maximum atomic E-state index is 11.4. The standard InChI is InChI=1S/C13H13NO2PS/c1-18(15,16)14-17(12-8-4-2-5-9-12)13-10-6-3-7-11-13/h2-11H,1H3/q+1. The topological polar surface area (TPSA) is 46.5 Å². The van der Waals surface area contributed by atoms with Crippen LogP contribution >= 0.6 is 7.71 Å². The van der Waals surface area contributed by atoms with Crippen LogP contribution in [0.5, 0.6) is 0 Å². The molecule has 0 aliphatic rings. The normalized spacial score (nSPS) is 10.9. The van der Waals surface area contributed by atoms with Gasteiger partial charge in [0.2, 0.25) is 0 Å². The zero-order chi connectivity index (χ0) is 13.0. The summed E-state index contributed by atoms with van der Waals surface area (Å²) in [5.74, 6) is 0. The van der Waals surface area contributed by atoms with Gasteiger partial charge in [-0.2, -0.15) is 0 Å². The summed E-state index contributed by atoms with van der Waals surface area (Å²) in [4.78, 5) is 0. The van der Waals surface area contributed by atoms with Gasteiger partial charge in [-0.1, -0.05) is 36.4 Å². The lowest BCUT2D eigenvalue weighted by molar-refractivity contribution is 0.604. The summed E-state index contributed by atoms with van der Waals surface area (Å²) in [5, 5.41) is 1.87. The Hall–Kier alpha value is -1.51. The maximum absolute atomic E-state index is 11.4. The zero-order valence-corrected chi connectivity index (χ0v) is 11.6. The zero-order valence-electron chi connectivity index (χ0n) is 9.89. The molecule has 18 heavy (non-hydrogen) atoms. The molecule has 0 N–H and O–H groups in total. The molecule has 0 bridgehead atoms. The number of benzene rings is 2. The van der Waals surface area contributed by atoms with Crippen LogP contribution in [0.25, 0.3) is 0 Å². The van der Waals surface area contributed by atoms with Gasteiger partial charge in [-0.15, -0.1) is 0 Å². The minimum absolute atomic E-state index is 0.934. The molecule has 0 heterocycles. The first-order chi connectivity index (χ1) is 8.56. The fourth-order valence-electron chi connectivity index (χ4n) is 1.53. The Morgan fingerprint density at radius 1 is 0.833 bits per heavy atom. The third kappa shape index (κ3) is 3.49. The molecule has 2 aromatic rings. The van der Waals surface area contributed by atoms with Gasteiger partial charge in [0.15, 0.2) is 10.6 Å². The van der Waals surface area contributed by atoms with E-state index < -0.39 is 17.7 Å². The summed E-state index contributed by atoms with van der Waals surface area (Å²) in [6.07, 6.45) is 1.13. The van der Waals surface area contributed by atoms with Crippen molar-refractivity contribution in [1.29, 1.82) is 0 Å². The smallest absolute Gasteiger partial charge is 0.202 e. The largest absolute Gasteiger partial charge is 0.296 e. The van der Waals surface area contributed by atoms with Crippen molar-refractivity contribution >= 4 is 28.3 Å². The highest BCUT2D eigenvalue weighted by Gasteiger charge is 2.23. The summed E-state index contributed by atoms with van der Waals surface area (Å²) >= 11 is 0. The van der Waals surface area contributed by atoms with Crippen LogP contribution in [0.15, 0.2) is 64.8 Å². The summed E-state index contributed by atoms with van der Waals surface area (Å²) in [6, 6.07) is 19.0. The van der Waals surface area contributed by atoms with Gasteiger partial charge in [0.1, 0.15) is 0 Å². The van der Waals surface area contributed by atoms with Gasteiger partial charge in [-0.25, -0.2) is 8.42 Å². The molecule has 0 fully saturated rings. The highest BCUT2D eigenvalue weighted by atomic mass is 32.2. The van der Waals surface area contributed by atoms with E-state index in [9.17, 15) is 8.42 Å². The molecule has 0 aliphatic heterocycles. The number of sulfonamides is 1. The van der Waals surface area contributed by atoms with Gasteiger partial charge < -0.3 is 0 Å². The van der Waals surface area contributed by atoms with Crippen molar-refractivity contribution in [2.24, 2.45) is 4.15 Å². The lowest BCUT2D eigenvalue weighted by atomic mass is 10.4. The highest BCUT2D eigenvalue weighted by molar-refractivity contribution is 7.93. The van der Waals surface area contributed by atoms with E-state index in [1.165, 1.54) is 0 Å². The van der Waals surface area contributed by atoms with Crippen LogP contribution in [0.2, 0.25) is 0 Å². The van der Waals surface area contributed by atoms with Crippen molar-refractivity contribution in [1.82, 2.24) is 0 Å². The maximum Gasteiger partial charge on any atom is 0.296 e. The molecule has 3 nitrogen and oxygen atoms in total. The fourth-order valence-corrected chi connectivity index (χ4v) is 4.68. The molecule has 0 radical (unpaired) electrons. The quantitative estimate of drug-likeness (QED) is 0.808. The summed E-state index contributed by atoms with van der Waals surface area (Å²) < 4.78 is 26.9. The summed E-state index contributed by atoms with van der Waals surface area (Å²) in [7, 11) is -4.57. The van der Waals surface area contributed by atoms with E-state index in [1.54, 1.807) is 0 Å². The van der Waals surface area contributed by atoms with Crippen molar-refractivity contribution in [2.45, 2.75) is 0 Å². The van der Waals surface area contributed by atoms with Gasteiger partial charge in [0.25, 0.3) is 17.7 Å². The third-order valence-electron chi connectivity index (χ3n) is 2.23. The second kappa shape index (κ2) is 5.42. The first kappa shape index (κ1) is 12.9. The molecule has 0 saturated heterocycles. The van der Waals surface area contributed by atoms with E-state index in [0.717, 1.165) is 16.9 Å². The molecule has 2 aromatic carbocycles. The van der Waals surface area contributed by atoms with E-state index in [-0.39, 0.29) is 0 Å². The SMILES string of the molecule is CS(=O)(=O)N=[P+](c1ccccc1)c1ccccc1. The Bertz CT molecular complexity index is 610. The predicted molar refractivity (Wildman–Crippen MR) is 76.3 cm³/mol. The molecule has 0 amide bonds. The third-order valence-corrected chi connectivity index (χ3v) is 5.65. The lowest BCUT2D eigenvalue weighted by Crippen LogP contribution is -2.07. The molecule has 0 spiro atoms. The molecule has 0 unspecified atom stereocenters. The average Bonchev–Trinajstić information content (AvgIpc) is 2.37. The second-order valence-corrected chi connectivity index (χ2v) is 7.57. The van der Waals surface area contributed by atoms with Gasteiger partial charge in [0, 0.05) is 4.15 Å². The van der Waals surface area contributed by atoms with Crippen molar-refractivity contribution < 1.29 is 8.42 Å². The minimum atomic E-state index is -3.37. The van der Waals surface area contributed by atoms with Crippen LogP contribution in [0, 0.1) is 0 Å². The Morgan fingerprint density at radius 2 is 1.22 bits per heavy atom. The van der Waals surface area contributed by atoms with Gasteiger partial charge >= 0.3 is 0 Å². The molecule has 2 rings (SSSR count). The minimum Gasteiger partial charge on any atom is -0.202 e. The number of hydrogen-bond donors (Lipinski definition) is 0. The summed E-state index contributed by atoms with van der Waals surface area (Å²) in [5.41, 5.74) is 0. The van der Waals surface area contributed by atoms with E-state index in [1.807, 2.05) is 60.7 Å². The van der Waals surface area contributed by atoms with Crippen molar-refractivity contribution in [3.05, 3.63) is 60.7 Å². The Labute approximate surface area is 108 Å². The van der Waals surface area contributed by atoms with Crippen molar-refractivity contribution in [3.63, 3.8) is 0 Å². The van der Waals surface area contributed by atoms with E-state index in [2.05, 4.69) is 4.15 Å². The molecular weight excluding hydrogens is 265 g/mol. The monoisotopic (exact) mass is 278 g/mol. The Balaban J connectivity index is 2.60.